The monoisotopic (exact) mass is 403 g/mol. The van der Waals surface area contributed by atoms with Crippen molar-refractivity contribution in [3.05, 3.63) is 95.1 Å². The van der Waals surface area contributed by atoms with E-state index in [2.05, 4.69) is 15.3 Å². The van der Waals surface area contributed by atoms with E-state index < -0.39 is 17.7 Å². The Hall–Kier alpha value is -4.13. The SMILES string of the molecule is N#Cc1ccc(CNC(=O)c2cc(C(=O)NC(O)(O)c3ccccc3)ncn2)cc1. The molecule has 2 aromatic carbocycles. The molecule has 0 bridgehead atoms. The van der Waals surface area contributed by atoms with Crippen LogP contribution < -0.4 is 10.6 Å². The molecular formula is C21H17N5O4. The summed E-state index contributed by atoms with van der Waals surface area (Å²) in [6.45, 7) is 0.195. The van der Waals surface area contributed by atoms with Crippen molar-refractivity contribution in [1.82, 2.24) is 20.6 Å². The number of nitriles is 1. The first kappa shape index (κ1) is 20.6. The van der Waals surface area contributed by atoms with Crippen LogP contribution in [0.1, 0.15) is 37.7 Å². The molecule has 4 N–H and O–H groups in total. The predicted octanol–water partition coefficient (Wildman–Crippen LogP) is 0.803. The van der Waals surface area contributed by atoms with E-state index in [1.54, 1.807) is 42.5 Å². The van der Waals surface area contributed by atoms with Crippen molar-refractivity contribution >= 4 is 11.8 Å². The van der Waals surface area contributed by atoms with Gasteiger partial charge < -0.3 is 15.5 Å². The second-order valence-electron chi connectivity index (χ2n) is 6.27. The molecule has 1 aromatic heterocycles. The second-order valence-corrected chi connectivity index (χ2v) is 6.27. The number of rotatable bonds is 6. The summed E-state index contributed by atoms with van der Waals surface area (Å²) in [5, 5.41) is 33.8. The van der Waals surface area contributed by atoms with Crippen molar-refractivity contribution < 1.29 is 19.8 Å². The van der Waals surface area contributed by atoms with Gasteiger partial charge in [-0.2, -0.15) is 5.26 Å². The zero-order valence-corrected chi connectivity index (χ0v) is 15.6. The van der Waals surface area contributed by atoms with E-state index in [9.17, 15) is 19.8 Å². The molecule has 0 spiro atoms. The summed E-state index contributed by atoms with van der Waals surface area (Å²) in [7, 11) is 0. The molecule has 0 radical (unpaired) electrons. The molecule has 0 aliphatic heterocycles. The molecule has 0 fully saturated rings. The first-order chi connectivity index (χ1) is 14.4. The van der Waals surface area contributed by atoms with Crippen LogP contribution in [0.4, 0.5) is 0 Å². The lowest BCUT2D eigenvalue weighted by Crippen LogP contribution is -2.46. The molecule has 0 saturated heterocycles. The maximum absolute atomic E-state index is 12.4. The van der Waals surface area contributed by atoms with Crippen LogP contribution >= 0.6 is 0 Å². The van der Waals surface area contributed by atoms with Gasteiger partial charge in [0.1, 0.15) is 17.7 Å². The summed E-state index contributed by atoms with van der Waals surface area (Å²) in [6.07, 6.45) is 1.03. The van der Waals surface area contributed by atoms with Gasteiger partial charge in [-0.15, -0.1) is 0 Å². The van der Waals surface area contributed by atoms with Crippen molar-refractivity contribution in [3.63, 3.8) is 0 Å². The molecular weight excluding hydrogens is 386 g/mol. The van der Waals surface area contributed by atoms with Gasteiger partial charge in [0.15, 0.2) is 0 Å². The first-order valence-corrected chi connectivity index (χ1v) is 8.81. The predicted molar refractivity (Wildman–Crippen MR) is 104 cm³/mol. The van der Waals surface area contributed by atoms with Gasteiger partial charge in [-0.1, -0.05) is 42.5 Å². The van der Waals surface area contributed by atoms with Gasteiger partial charge in [-0.05, 0) is 17.7 Å². The number of aliphatic hydroxyl groups is 2. The number of carbonyl (C=O) groups is 2. The Balaban J connectivity index is 1.66. The fraction of sp³-hybridized carbons (Fsp3) is 0.0952. The van der Waals surface area contributed by atoms with Gasteiger partial charge in [0.2, 0.25) is 0 Å². The standard InChI is InChI=1S/C21H17N5O4/c22-11-14-6-8-15(9-7-14)12-23-19(27)17-10-18(25-13-24-17)20(28)26-21(29,30)16-4-2-1-3-5-16/h1-10,13,29-30H,12H2,(H,23,27)(H,26,28). The average Bonchev–Trinajstić information content (AvgIpc) is 2.78. The summed E-state index contributed by atoms with van der Waals surface area (Å²) < 4.78 is 0. The van der Waals surface area contributed by atoms with Crippen molar-refractivity contribution in [2.45, 2.75) is 12.5 Å². The van der Waals surface area contributed by atoms with Crippen molar-refractivity contribution in [2.75, 3.05) is 0 Å². The maximum Gasteiger partial charge on any atom is 0.275 e. The molecule has 0 saturated carbocycles. The molecule has 3 aromatic rings. The molecule has 9 heteroatoms. The van der Waals surface area contributed by atoms with Crippen LogP contribution in [-0.4, -0.2) is 32.0 Å². The van der Waals surface area contributed by atoms with E-state index in [-0.39, 0.29) is 23.5 Å². The van der Waals surface area contributed by atoms with Crippen LogP contribution in [0.15, 0.2) is 67.0 Å². The van der Waals surface area contributed by atoms with E-state index in [0.717, 1.165) is 18.0 Å². The van der Waals surface area contributed by atoms with E-state index in [1.807, 2.05) is 11.4 Å². The van der Waals surface area contributed by atoms with Crippen LogP contribution in [0.5, 0.6) is 0 Å². The number of nitrogens with one attached hydrogen (secondary N) is 2. The maximum atomic E-state index is 12.4. The van der Waals surface area contributed by atoms with E-state index in [0.29, 0.717) is 5.56 Å². The number of aromatic nitrogens is 2. The molecule has 2 amide bonds. The van der Waals surface area contributed by atoms with E-state index >= 15 is 0 Å². The smallest absolute Gasteiger partial charge is 0.275 e. The van der Waals surface area contributed by atoms with E-state index in [1.165, 1.54) is 12.1 Å². The highest BCUT2D eigenvalue weighted by atomic mass is 16.5. The Labute approximate surface area is 171 Å². The lowest BCUT2D eigenvalue weighted by atomic mass is 10.1. The van der Waals surface area contributed by atoms with Crippen LogP contribution in [0.2, 0.25) is 0 Å². The number of nitrogens with zero attached hydrogens (tertiary/aromatic N) is 3. The van der Waals surface area contributed by atoms with Crippen LogP contribution in [0.3, 0.4) is 0 Å². The zero-order valence-electron chi connectivity index (χ0n) is 15.6. The Bertz CT molecular complexity index is 1090. The largest absolute Gasteiger partial charge is 0.347 e. The van der Waals surface area contributed by atoms with Crippen molar-refractivity contribution in [1.29, 1.82) is 5.26 Å². The topological polar surface area (TPSA) is 148 Å². The highest BCUT2D eigenvalue weighted by Crippen LogP contribution is 2.15. The third-order valence-electron chi connectivity index (χ3n) is 4.13. The molecule has 1 heterocycles. The number of benzene rings is 2. The zero-order chi connectivity index (χ0) is 21.6. The lowest BCUT2D eigenvalue weighted by molar-refractivity contribution is -0.185. The Kier molecular flexibility index (Phi) is 6.12. The van der Waals surface area contributed by atoms with Crippen molar-refractivity contribution in [3.8, 4) is 6.07 Å². The Morgan fingerprint density at radius 1 is 0.967 bits per heavy atom. The summed E-state index contributed by atoms with van der Waals surface area (Å²) in [5.74, 6) is -4.05. The third kappa shape index (κ3) is 5.02. The van der Waals surface area contributed by atoms with Gasteiger partial charge in [-0.25, -0.2) is 9.97 Å². The summed E-state index contributed by atoms with van der Waals surface area (Å²) in [6, 6.07) is 17.6. The molecule has 3 rings (SSSR count). The van der Waals surface area contributed by atoms with Gasteiger partial charge >= 0.3 is 0 Å². The summed E-state index contributed by atoms with van der Waals surface area (Å²) in [4.78, 5) is 32.3. The molecule has 0 atom stereocenters. The Morgan fingerprint density at radius 2 is 1.60 bits per heavy atom. The van der Waals surface area contributed by atoms with Gasteiger partial charge in [0.05, 0.1) is 11.6 Å². The fourth-order valence-corrected chi connectivity index (χ4v) is 2.54. The fourth-order valence-electron chi connectivity index (χ4n) is 2.54. The van der Waals surface area contributed by atoms with Crippen LogP contribution in [0, 0.1) is 11.3 Å². The molecule has 9 nitrogen and oxygen atoms in total. The third-order valence-corrected chi connectivity index (χ3v) is 4.13. The number of hydrogen-bond donors (Lipinski definition) is 4. The molecule has 30 heavy (non-hydrogen) atoms. The minimum absolute atomic E-state index is 0.0628. The quantitative estimate of drug-likeness (QED) is 0.445. The van der Waals surface area contributed by atoms with Crippen LogP contribution in [0.25, 0.3) is 0 Å². The normalized spacial score (nSPS) is 10.7. The molecule has 0 aliphatic rings. The minimum atomic E-state index is -2.61. The van der Waals surface area contributed by atoms with Gasteiger partial charge in [0, 0.05) is 18.2 Å². The second kappa shape index (κ2) is 8.91. The highest BCUT2D eigenvalue weighted by molar-refractivity contribution is 5.97. The number of amides is 2. The summed E-state index contributed by atoms with van der Waals surface area (Å²) >= 11 is 0. The molecule has 0 unspecified atom stereocenters. The van der Waals surface area contributed by atoms with E-state index in [4.69, 9.17) is 5.26 Å². The van der Waals surface area contributed by atoms with Gasteiger partial charge in [-0.3, -0.25) is 14.9 Å². The Morgan fingerprint density at radius 3 is 2.23 bits per heavy atom. The number of carbonyl (C=O) groups excluding carboxylic acids is 2. The minimum Gasteiger partial charge on any atom is -0.347 e. The first-order valence-electron chi connectivity index (χ1n) is 8.81. The highest BCUT2D eigenvalue weighted by Gasteiger charge is 2.29. The summed E-state index contributed by atoms with van der Waals surface area (Å²) in [5.41, 5.74) is 1.08. The number of hydrogen-bond acceptors (Lipinski definition) is 7. The van der Waals surface area contributed by atoms with Gasteiger partial charge in [0.25, 0.3) is 17.7 Å². The average molecular weight is 403 g/mol. The molecule has 0 aliphatic carbocycles. The van der Waals surface area contributed by atoms with Crippen LogP contribution in [-0.2, 0) is 12.5 Å². The lowest BCUT2D eigenvalue weighted by Gasteiger charge is -2.22. The molecule has 150 valence electrons. The van der Waals surface area contributed by atoms with Crippen molar-refractivity contribution in [2.24, 2.45) is 0 Å².